The molecule has 2 atom stereocenters. The van der Waals surface area contributed by atoms with Crippen molar-refractivity contribution in [3.8, 4) is 0 Å². The minimum atomic E-state index is 0.651. The molecule has 188 valence electrons. The van der Waals surface area contributed by atoms with Crippen LogP contribution >= 0.6 is 0 Å². The first-order chi connectivity index (χ1) is 17.3. The predicted octanol–water partition coefficient (Wildman–Crippen LogP) is 4.51. The SMILES string of the molecule is C1=Cc2c(C[C@@H]3CCCN3)cn(CCOCCn3cc(C[C@@H]4CCCN4)c4c3CCC=C4)c2CC1. The second-order valence-electron chi connectivity index (χ2n) is 10.9. The zero-order valence-electron chi connectivity index (χ0n) is 21.2. The van der Waals surface area contributed by atoms with Crippen molar-refractivity contribution in [2.45, 2.75) is 89.4 Å². The van der Waals surface area contributed by atoms with Crippen LogP contribution in [0.5, 0.6) is 0 Å². The molecule has 2 aromatic heterocycles. The molecule has 6 rings (SSSR count). The van der Waals surface area contributed by atoms with E-state index in [4.69, 9.17) is 4.74 Å². The van der Waals surface area contributed by atoms with Gasteiger partial charge in [0.05, 0.1) is 13.2 Å². The van der Waals surface area contributed by atoms with Gasteiger partial charge in [-0.15, -0.1) is 0 Å². The van der Waals surface area contributed by atoms with Crippen LogP contribution in [0.1, 0.15) is 72.2 Å². The van der Waals surface area contributed by atoms with Gasteiger partial charge in [-0.2, -0.15) is 0 Å². The zero-order valence-corrected chi connectivity index (χ0v) is 21.2. The molecule has 5 heteroatoms. The highest BCUT2D eigenvalue weighted by molar-refractivity contribution is 5.60. The predicted molar refractivity (Wildman–Crippen MR) is 144 cm³/mol. The van der Waals surface area contributed by atoms with Gasteiger partial charge in [0.1, 0.15) is 0 Å². The molecule has 5 nitrogen and oxygen atoms in total. The highest BCUT2D eigenvalue weighted by Gasteiger charge is 2.22. The van der Waals surface area contributed by atoms with E-state index in [0.717, 1.165) is 64.8 Å². The topological polar surface area (TPSA) is 43.1 Å². The van der Waals surface area contributed by atoms with Crippen LogP contribution in [0.25, 0.3) is 12.2 Å². The van der Waals surface area contributed by atoms with Gasteiger partial charge in [0.15, 0.2) is 0 Å². The zero-order chi connectivity index (χ0) is 23.5. The molecule has 35 heavy (non-hydrogen) atoms. The smallest absolute Gasteiger partial charge is 0.0646 e. The van der Waals surface area contributed by atoms with Crippen molar-refractivity contribution in [2.24, 2.45) is 0 Å². The van der Waals surface area contributed by atoms with Crippen LogP contribution in [0, 0.1) is 0 Å². The summed E-state index contributed by atoms with van der Waals surface area (Å²) in [6.07, 6.45) is 26.5. The van der Waals surface area contributed by atoms with E-state index >= 15 is 0 Å². The van der Waals surface area contributed by atoms with Crippen molar-refractivity contribution < 1.29 is 4.74 Å². The maximum absolute atomic E-state index is 6.21. The first-order valence-electron chi connectivity index (χ1n) is 14.1. The van der Waals surface area contributed by atoms with Gasteiger partial charge in [-0.25, -0.2) is 0 Å². The lowest BCUT2D eigenvalue weighted by Gasteiger charge is -2.14. The van der Waals surface area contributed by atoms with Crippen LogP contribution in [-0.4, -0.2) is 47.5 Å². The summed E-state index contributed by atoms with van der Waals surface area (Å²) < 4.78 is 11.2. The Balaban J connectivity index is 1.04. The number of aromatic nitrogens is 2. The molecule has 0 amide bonds. The van der Waals surface area contributed by atoms with Crippen LogP contribution in [0.15, 0.2) is 24.5 Å². The molecular weight excluding hydrogens is 432 g/mol. The van der Waals surface area contributed by atoms with E-state index < -0.39 is 0 Å². The quantitative estimate of drug-likeness (QED) is 0.498. The van der Waals surface area contributed by atoms with Gasteiger partial charge in [-0.1, -0.05) is 24.3 Å². The monoisotopic (exact) mass is 474 g/mol. The number of ether oxygens (including phenoxy) is 1. The Labute approximate surface area is 210 Å². The van der Waals surface area contributed by atoms with Crippen molar-refractivity contribution in [1.82, 2.24) is 19.8 Å². The van der Waals surface area contributed by atoms with Gasteiger partial charge in [0.2, 0.25) is 0 Å². The molecule has 0 aromatic carbocycles. The summed E-state index contributed by atoms with van der Waals surface area (Å²) in [6, 6.07) is 1.30. The summed E-state index contributed by atoms with van der Waals surface area (Å²) in [4.78, 5) is 0. The number of hydrogen-bond acceptors (Lipinski definition) is 3. The van der Waals surface area contributed by atoms with E-state index in [0.29, 0.717) is 12.1 Å². The van der Waals surface area contributed by atoms with Gasteiger partial charge < -0.3 is 24.5 Å². The Bertz CT molecular complexity index is 979. The van der Waals surface area contributed by atoms with Crippen molar-refractivity contribution in [3.05, 3.63) is 58.2 Å². The molecule has 2 fully saturated rings. The fourth-order valence-corrected chi connectivity index (χ4v) is 6.70. The standard InChI is InChI=1S/C30H42N4O/c1-3-11-29-27(9-1)23(19-25-7-5-13-31-25)21-33(29)15-17-35-18-16-34-22-24(20-26-8-6-14-32-26)28-10-2-4-12-30(28)34/h1-2,9-10,21-22,25-26,31-32H,3-8,11-20H2/t25-,26-/m0/s1. The molecule has 0 spiro atoms. The van der Waals surface area contributed by atoms with Crippen LogP contribution in [0.4, 0.5) is 0 Å². The Kier molecular flexibility index (Phi) is 7.26. The fourth-order valence-electron chi connectivity index (χ4n) is 6.70. The van der Waals surface area contributed by atoms with E-state index in [2.05, 4.69) is 56.5 Å². The molecule has 0 radical (unpaired) electrons. The Hall–Kier alpha value is -2.08. The van der Waals surface area contributed by atoms with Gasteiger partial charge in [0.25, 0.3) is 0 Å². The van der Waals surface area contributed by atoms with E-state index in [9.17, 15) is 0 Å². The lowest BCUT2D eigenvalue weighted by Crippen LogP contribution is -2.23. The first-order valence-corrected chi connectivity index (χ1v) is 14.1. The minimum absolute atomic E-state index is 0.651. The number of rotatable bonds is 10. The number of allylic oxidation sites excluding steroid dienone is 2. The third-order valence-electron chi connectivity index (χ3n) is 8.51. The third kappa shape index (κ3) is 5.23. The van der Waals surface area contributed by atoms with Crippen LogP contribution in [-0.2, 0) is 43.5 Å². The first kappa shape index (κ1) is 23.3. The van der Waals surface area contributed by atoms with Crippen molar-refractivity contribution in [2.75, 3.05) is 26.3 Å². The molecule has 0 unspecified atom stereocenters. The third-order valence-corrected chi connectivity index (χ3v) is 8.51. The summed E-state index contributed by atoms with van der Waals surface area (Å²) in [6.45, 7) is 5.84. The molecule has 0 saturated carbocycles. The molecule has 4 heterocycles. The Morgan fingerprint density at radius 1 is 0.743 bits per heavy atom. The highest BCUT2D eigenvalue weighted by Crippen LogP contribution is 2.29. The molecule has 4 aliphatic rings. The van der Waals surface area contributed by atoms with Crippen molar-refractivity contribution >= 4 is 12.2 Å². The van der Waals surface area contributed by atoms with Gasteiger partial charge in [-0.3, -0.25) is 0 Å². The number of fused-ring (bicyclic) bond motifs is 2. The van der Waals surface area contributed by atoms with E-state index in [-0.39, 0.29) is 0 Å². The molecule has 2 saturated heterocycles. The number of nitrogens with zero attached hydrogens (tertiary/aromatic N) is 2. The second-order valence-corrected chi connectivity index (χ2v) is 10.9. The number of nitrogens with one attached hydrogen (secondary N) is 2. The van der Waals surface area contributed by atoms with Crippen LogP contribution in [0.3, 0.4) is 0 Å². The molecule has 2 N–H and O–H groups in total. The molecular formula is C30H42N4O. The van der Waals surface area contributed by atoms with Crippen LogP contribution < -0.4 is 10.6 Å². The second kappa shape index (κ2) is 10.9. The van der Waals surface area contributed by atoms with Gasteiger partial charge >= 0.3 is 0 Å². The van der Waals surface area contributed by atoms with E-state index in [1.165, 1.54) is 72.4 Å². The molecule has 2 aliphatic heterocycles. The van der Waals surface area contributed by atoms with Crippen LogP contribution in [0.2, 0.25) is 0 Å². The van der Waals surface area contributed by atoms with Gasteiger partial charge in [0, 0.05) is 49.0 Å². The maximum Gasteiger partial charge on any atom is 0.0646 e. The lowest BCUT2D eigenvalue weighted by molar-refractivity contribution is 0.118. The normalized spacial score (nSPS) is 23.2. The van der Waals surface area contributed by atoms with Gasteiger partial charge in [-0.05, 0) is 99.6 Å². The largest absolute Gasteiger partial charge is 0.378 e. The van der Waals surface area contributed by atoms with E-state index in [1.807, 2.05) is 0 Å². The molecule has 0 bridgehead atoms. The summed E-state index contributed by atoms with van der Waals surface area (Å²) in [5, 5.41) is 7.34. The average Bonchev–Trinajstić information content (AvgIpc) is 3.69. The maximum atomic E-state index is 6.21. The van der Waals surface area contributed by atoms with E-state index in [1.54, 1.807) is 0 Å². The highest BCUT2D eigenvalue weighted by atomic mass is 16.5. The lowest BCUT2D eigenvalue weighted by atomic mass is 9.97. The summed E-state index contributed by atoms with van der Waals surface area (Å²) in [7, 11) is 0. The fraction of sp³-hybridized carbons (Fsp3) is 0.600. The average molecular weight is 475 g/mol. The number of hydrogen-bond donors (Lipinski definition) is 2. The summed E-state index contributed by atoms with van der Waals surface area (Å²) in [5.74, 6) is 0. The minimum Gasteiger partial charge on any atom is -0.378 e. The molecule has 2 aromatic rings. The van der Waals surface area contributed by atoms with Crippen molar-refractivity contribution in [1.29, 1.82) is 0 Å². The summed E-state index contributed by atoms with van der Waals surface area (Å²) in [5.41, 5.74) is 9.04. The molecule has 2 aliphatic carbocycles. The Morgan fingerprint density at radius 3 is 1.71 bits per heavy atom. The van der Waals surface area contributed by atoms with Crippen molar-refractivity contribution in [3.63, 3.8) is 0 Å². The Morgan fingerprint density at radius 2 is 1.26 bits per heavy atom. The summed E-state index contributed by atoms with van der Waals surface area (Å²) >= 11 is 0.